The molecule has 0 saturated carbocycles. The van der Waals surface area contributed by atoms with E-state index in [2.05, 4.69) is 9.98 Å². The van der Waals surface area contributed by atoms with Crippen LogP contribution in [0.5, 0.6) is 11.5 Å². The number of oxazole rings is 1. The highest BCUT2D eigenvalue weighted by Gasteiger charge is 2.10. The van der Waals surface area contributed by atoms with Gasteiger partial charge in [-0.15, -0.1) is 0 Å². The van der Waals surface area contributed by atoms with Crippen molar-refractivity contribution in [2.75, 3.05) is 26.1 Å². The van der Waals surface area contributed by atoms with Crippen molar-refractivity contribution in [1.82, 2.24) is 4.98 Å². The molecule has 0 aliphatic carbocycles. The number of aromatic hydroxyl groups is 1. The number of methoxy groups -OCH3 is 1. The lowest BCUT2D eigenvalue weighted by molar-refractivity contribution is 0.373. The van der Waals surface area contributed by atoms with E-state index >= 15 is 0 Å². The first kappa shape index (κ1) is 18.6. The van der Waals surface area contributed by atoms with Gasteiger partial charge in [0.2, 0.25) is 5.89 Å². The molecule has 0 unspecified atom stereocenters. The Morgan fingerprint density at radius 3 is 2.59 bits per heavy atom. The summed E-state index contributed by atoms with van der Waals surface area (Å²) >= 11 is 0. The molecule has 0 radical (unpaired) electrons. The summed E-state index contributed by atoms with van der Waals surface area (Å²) in [4.78, 5) is 11.1. The van der Waals surface area contributed by atoms with Crippen molar-refractivity contribution in [2.24, 2.45) is 4.99 Å². The van der Waals surface area contributed by atoms with Gasteiger partial charge in [0.1, 0.15) is 5.52 Å². The molecule has 0 aliphatic rings. The number of phenolic OH excluding ortho intramolecular Hbond substituents is 1. The third-order valence-electron chi connectivity index (χ3n) is 4.60. The van der Waals surface area contributed by atoms with Crippen LogP contribution >= 0.6 is 0 Å². The van der Waals surface area contributed by atoms with E-state index in [4.69, 9.17) is 9.15 Å². The van der Waals surface area contributed by atoms with Gasteiger partial charge in [-0.2, -0.15) is 0 Å². The van der Waals surface area contributed by atoms with Crippen LogP contribution in [0.3, 0.4) is 0 Å². The summed E-state index contributed by atoms with van der Waals surface area (Å²) < 4.78 is 11.0. The molecule has 0 atom stereocenters. The maximum absolute atomic E-state index is 10.2. The molecule has 146 valence electrons. The fraction of sp³-hybridized carbons (Fsp3) is 0.130. The largest absolute Gasteiger partial charge is 0.504 e. The average molecular weight is 387 g/mol. The zero-order chi connectivity index (χ0) is 20.4. The van der Waals surface area contributed by atoms with Gasteiger partial charge >= 0.3 is 0 Å². The summed E-state index contributed by atoms with van der Waals surface area (Å²) in [6.45, 7) is 0. The Labute approximate surface area is 168 Å². The lowest BCUT2D eigenvalue weighted by atomic mass is 10.2. The van der Waals surface area contributed by atoms with E-state index in [1.807, 2.05) is 61.5 Å². The standard InChI is InChI=1S/C23H21N3O3/c1-26(2)18-10-7-15(8-11-18)23-25-19-13-17(9-12-20(19)29-23)24-14-16-5-4-6-21(28-3)22(16)27/h4-14,27H,1-3H3. The normalized spacial score (nSPS) is 11.3. The third kappa shape index (κ3) is 3.78. The lowest BCUT2D eigenvalue weighted by Crippen LogP contribution is -2.07. The highest BCUT2D eigenvalue weighted by molar-refractivity contribution is 5.88. The Morgan fingerprint density at radius 2 is 1.86 bits per heavy atom. The summed E-state index contributed by atoms with van der Waals surface area (Å²) in [6.07, 6.45) is 1.60. The van der Waals surface area contributed by atoms with Crippen molar-refractivity contribution in [3.63, 3.8) is 0 Å². The number of benzene rings is 3. The summed E-state index contributed by atoms with van der Waals surface area (Å²) in [7, 11) is 5.52. The predicted octanol–water partition coefficient (Wildman–Crippen LogP) is 5.03. The average Bonchev–Trinajstić information content (AvgIpc) is 3.16. The number of phenols is 1. The summed E-state index contributed by atoms with van der Waals surface area (Å²) in [5, 5.41) is 10.2. The minimum atomic E-state index is 0.0599. The highest BCUT2D eigenvalue weighted by atomic mass is 16.5. The topological polar surface area (TPSA) is 71.1 Å². The maximum Gasteiger partial charge on any atom is 0.227 e. The quantitative estimate of drug-likeness (QED) is 0.487. The summed E-state index contributed by atoms with van der Waals surface area (Å²) in [6, 6.07) is 18.8. The van der Waals surface area contributed by atoms with Crippen molar-refractivity contribution in [3.8, 4) is 23.0 Å². The number of hydrogen-bond donors (Lipinski definition) is 1. The van der Waals surface area contributed by atoms with Crippen molar-refractivity contribution in [3.05, 3.63) is 66.2 Å². The second-order valence-corrected chi connectivity index (χ2v) is 6.77. The van der Waals surface area contributed by atoms with E-state index in [9.17, 15) is 5.11 Å². The van der Waals surface area contributed by atoms with Crippen LogP contribution in [0.4, 0.5) is 11.4 Å². The first-order valence-corrected chi connectivity index (χ1v) is 9.13. The predicted molar refractivity (Wildman–Crippen MR) is 116 cm³/mol. The van der Waals surface area contributed by atoms with Gasteiger partial charge in [-0.1, -0.05) is 6.07 Å². The molecule has 0 saturated heterocycles. The van der Waals surface area contributed by atoms with Crippen LogP contribution in [0.1, 0.15) is 5.56 Å². The number of aliphatic imine (C=N–C) groups is 1. The summed E-state index contributed by atoms with van der Waals surface area (Å²) in [5.41, 5.74) is 4.73. The second-order valence-electron chi connectivity index (χ2n) is 6.77. The Kier molecular flexibility index (Phi) is 4.91. The van der Waals surface area contributed by atoms with Crippen molar-refractivity contribution in [2.45, 2.75) is 0 Å². The Bertz CT molecular complexity index is 1180. The Hall–Kier alpha value is -3.80. The molecule has 3 aromatic carbocycles. The number of rotatable bonds is 5. The Morgan fingerprint density at radius 1 is 1.07 bits per heavy atom. The van der Waals surface area contributed by atoms with E-state index in [1.165, 1.54) is 7.11 Å². The van der Waals surface area contributed by atoms with E-state index in [0.717, 1.165) is 16.8 Å². The molecule has 6 nitrogen and oxygen atoms in total. The smallest absolute Gasteiger partial charge is 0.227 e. The number of anilines is 1. The number of para-hydroxylation sites is 1. The van der Waals surface area contributed by atoms with Gasteiger partial charge in [0.25, 0.3) is 0 Å². The van der Waals surface area contributed by atoms with E-state index in [-0.39, 0.29) is 5.75 Å². The van der Waals surface area contributed by atoms with Crippen LogP contribution in [0.15, 0.2) is 70.1 Å². The monoisotopic (exact) mass is 387 g/mol. The fourth-order valence-corrected chi connectivity index (χ4v) is 2.97. The maximum atomic E-state index is 10.2. The zero-order valence-corrected chi connectivity index (χ0v) is 16.5. The molecule has 6 heteroatoms. The van der Waals surface area contributed by atoms with Crippen LogP contribution in [0.25, 0.3) is 22.6 Å². The number of fused-ring (bicyclic) bond motifs is 1. The van der Waals surface area contributed by atoms with Crippen molar-refractivity contribution >= 4 is 28.7 Å². The summed E-state index contributed by atoms with van der Waals surface area (Å²) in [5.74, 6) is 1.03. The van der Waals surface area contributed by atoms with Gasteiger partial charge in [-0.05, 0) is 54.6 Å². The lowest BCUT2D eigenvalue weighted by Gasteiger charge is -2.11. The minimum Gasteiger partial charge on any atom is -0.504 e. The molecule has 0 bridgehead atoms. The SMILES string of the molecule is COc1cccc(C=Nc2ccc3oc(-c4ccc(N(C)C)cc4)nc3c2)c1O. The molecule has 1 aromatic heterocycles. The molecule has 29 heavy (non-hydrogen) atoms. The van der Waals surface area contributed by atoms with Gasteiger partial charge in [-0.25, -0.2) is 4.98 Å². The van der Waals surface area contributed by atoms with Crippen molar-refractivity contribution in [1.29, 1.82) is 0 Å². The number of hydrogen-bond acceptors (Lipinski definition) is 6. The molecule has 0 fully saturated rings. The molecule has 0 aliphatic heterocycles. The van der Waals surface area contributed by atoms with Gasteiger partial charge in [0.15, 0.2) is 17.1 Å². The van der Waals surface area contributed by atoms with Crippen LogP contribution in [-0.2, 0) is 0 Å². The van der Waals surface area contributed by atoms with E-state index < -0.39 is 0 Å². The fourth-order valence-electron chi connectivity index (χ4n) is 2.97. The van der Waals surface area contributed by atoms with Gasteiger partial charge in [-0.3, -0.25) is 4.99 Å². The highest BCUT2D eigenvalue weighted by Crippen LogP contribution is 2.30. The molecular formula is C23H21N3O3. The van der Waals surface area contributed by atoms with Crippen molar-refractivity contribution < 1.29 is 14.3 Å². The Balaban J connectivity index is 1.62. The van der Waals surface area contributed by atoms with Gasteiger partial charge in [0.05, 0.1) is 12.8 Å². The first-order chi connectivity index (χ1) is 14.0. The van der Waals surface area contributed by atoms with Crippen LogP contribution in [0.2, 0.25) is 0 Å². The van der Waals surface area contributed by atoms with Crippen LogP contribution < -0.4 is 9.64 Å². The number of aromatic nitrogens is 1. The van der Waals surface area contributed by atoms with Gasteiger partial charge in [0, 0.05) is 37.1 Å². The first-order valence-electron chi connectivity index (χ1n) is 9.13. The molecule has 4 aromatic rings. The molecular weight excluding hydrogens is 366 g/mol. The zero-order valence-electron chi connectivity index (χ0n) is 16.5. The molecule has 1 N–H and O–H groups in total. The number of nitrogens with zero attached hydrogens (tertiary/aromatic N) is 3. The van der Waals surface area contributed by atoms with Gasteiger partial charge < -0.3 is 19.2 Å². The molecule has 0 amide bonds. The minimum absolute atomic E-state index is 0.0599. The molecule has 4 rings (SSSR count). The van der Waals surface area contributed by atoms with E-state index in [1.54, 1.807) is 24.4 Å². The molecule has 1 heterocycles. The number of ether oxygens (including phenoxy) is 1. The van der Waals surface area contributed by atoms with E-state index in [0.29, 0.717) is 28.5 Å². The second kappa shape index (κ2) is 7.67. The third-order valence-corrected chi connectivity index (χ3v) is 4.60. The molecule has 0 spiro atoms. The van der Waals surface area contributed by atoms with Crippen LogP contribution in [0, 0.1) is 0 Å². The van der Waals surface area contributed by atoms with Crippen LogP contribution in [-0.4, -0.2) is 37.5 Å².